The first kappa shape index (κ1) is 24.8. The first-order chi connectivity index (χ1) is 17.9. The van der Waals surface area contributed by atoms with Gasteiger partial charge in [-0.15, -0.1) is 0 Å². The Balaban J connectivity index is 1.37. The van der Waals surface area contributed by atoms with E-state index in [4.69, 9.17) is 9.15 Å². The van der Waals surface area contributed by atoms with Gasteiger partial charge in [0, 0.05) is 67.1 Å². The molecule has 2 aromatic heterocycles. The molecule has 0 atom stereocenters. The quantitative estimate of drug-likeness (QED) is 0.313. The fourth-order valence-electron chi connectivity index (χ4n) is 5.03. The number of aromatic nitrogens is 1. The lowest BCUT2D eigenvalue weighted by Crippen LogP contribution is -2.47. The molecular formula is C31H33N3O3. The van der Waals surface area contributed by atoms with Crippen LogP contribution in [0.5, 0.6) is 5.75 Å². The van der Waals surface area contributed by atoms with E-state index < -0.39 is 0 Å². The number of piperazine rings is 1. The van der Waals surface area contributed by atoms with Crippen molar-refractivity contribution in [1.29, 1.82) is 0 Å². The lowest BCUT2D eigenvalue weighted by atomic mass is 9.96. The SMILES string of the molecule is COc1c(/C(C)=C/C(=O)N2CCN(Cc3ccccn3)CC2)cc2c(-c3ccc(C)cc3)coc2c1C. The van der Waals surface area contributed by atoms with Gasteiger partial charge in [-0.2, -0.15) is 0 Å². The Morgan fingerprint density at radius 3 is 2.51 bits per heavy atom. The van der Waals surface area contributed by atoms with E-state index >= 15 is 0 Å². The predicted molar refractivity (Wildman–Crippen MR) is 147 cm³/mol. The van der Waals surface area contributed by atoms with Crippen LogP contribution in [-0.4, -0.2) is 54.0 Å². The molecule has 5 rings (SSSR count). The van der Waals surface area contributed by atoms with Crippen LogP contribution < -0.4 is 4.74 Å². The highest BCUT2D eigenvalue weighted by Gasteiger charge is 2.22. The molecule has 6 heteroatoms. The van der Waals surface area contributed by atoms with Crippen molar-refractivity contribution in [3.8, 4) is 16.9 Å². The van der Waals surface area contributed by atoms with Gasteiger partial charge >= 0.3 is 0 Å². The van der Waals surface area contributed by atoms with Crippen molar-refractivity contribution in [2.75, 3.05) is 33.3 Å². The molecule has 1 aliphatic rings. The standard InChI is InChI=1S/C31H33N3O3/c1-21-8-10-24(11-9-21)28-20-37-31-23(3)30(36-4)26(18-27(28)31)22(2)17-29(35)34-15-13-33(14-16-34)19-25-7-5-6-12-32-25/h5-12,17-18,20H,13-16,19H2,1-4H3/b22-17+. The number of furan rings is 1. The lowest BCUT2D eigenvalue weighted by Gasteiger charge is -2.34. The number of aryl methyl sites for hydroxylation is 2. The number of allylic oxidation sites excluding steroid dienone is 1. The third-order valence-electron chi connectivity index (χ3n) is 7.17. The number of fused-ring (bicyclic) bond motifs is 1. The van der Waals surface area contributed by atoms with E-state index in [9.17, 15) is 4.79 Å². The highest BCUT2D eigenvalue weighted by molar-refractivity contribution is 6.01. The summed E-state index contributed by atoms with van der Waals surface area (Å²) >= 11 is 0. The predicted octanol–water partition coefficient (Wildman–Crippen LogP) is 5.87. The second-order valence-corrected chi connectivity index (χ2v) is 9.72. The van der Waals surface area contributed by atoms with Crippen molar-refractivity contribution in [2.45, 2.75) is 27.3 Å². The van der Waals surface area contributed by atoms with E-state index in [-0.39, 0.29) is 5.91 Å². The molecule has 1 saturated heterocycles. The minimum atomic E-state index is 0.0285. The van der Waals surface area contributed by atoms with Crippen molar-refractivity contribution >= 4 is 22.4 Å². The summed E-state index contributed by atoms with van der Waals surface area (Å²) in [4.78, 5) is 21.9. The molecule has 2 aromatic carbocycles. The number of hydrogen-bond acceptors (Lipinski definition) is 5. The Bertz CT molecular complexity index is 1430. The molecule has 0 bridgehead atoms. The van der Waals surface area contributed by atoms with Gasteiger partial charge in [-0.05, 0) is 50.1 Å². The summed E-state index contributed by atoms with van der Waals surface area (Å²) in [6, 6.07) is 16.5. The van der Waals surface area contributed by atoms with E-state index in [2.05, 4.69) is 47.1 Å². The third kappa shape index (κ3) is 5.16. The molecule has 1 fully saturated rings. The van der Waals surface area contributed by atoms with Crippen molar-refractivity contribution in [3.05, 3.63) is 89.5 Å². The maximum absolute atomic E-state index is 13.2. The minimum absolute atomic E-state index is 0.0285. The van der Waals surface area contributed by atoms with Crippen LogP contribution in [0, 0.1) is 13.8 Å². The zero-order chi connectivity index (χ0) is 25.9. The summed E-state index contributed by atoms with van der Waals surface area (Å²) in [7, 11) is 1.66. The minimum Gasteiger partial charge on any atom is -0.496 e. The van der Waals surface area contributed by atoms with Crippen LogP contribution >= 0.6 is 0 Å². The third-order valence-corrected chi connectivity index (χ3v) is 7.17. The number of nitrogens with zero attached hydrogens (tertiary/aromatic N) is 3. The largest absolute Gasteiger partial charge is 0.496 e. The molecule has 1 aliphatic heterocycles. The molecule has 0 N–H and O–H groups in total. The van der Waals surface area contributed by atoms with Crippen molar-refractivity contribution in [1.82, 2.24) is 14.8 Å². The first-order valence-electron chi connectivity index (χ1n) is 12.7. The van der Waals surface area contributed by atoms with Gasteiger partial charge in [0.25, 0.3) is 0 Å². The van der Waals surface area contributed by atoms with Gasteiger partial charge < -0.3 is 14.1 Å². The molecule has 4 aromatic rings. The number of pyridine rings is 1. The number of hydrogen-bond donors (Lipinski definition) is 0. The van der Waals surface area contributed by atoms with Crippen LogP contribution in [0.2, 0.25) is 0 Å². The molecule has 0 saturated carbocycles. The van der Waals surface area contributed by atoms with Gasteiger partial charge in [-0.25, -0.2) is 0 Å². The van der Waals surface area contributed by atoms with E-state index in [0.717, 1.165) is 69.9 Å². The molecule has 37 heavy (non-hydrogen) atoms. The summed E-state index contributed by atoms with van der Waals surface area (Å²) in [5, 5.41) is 1.01. The van der Waals surface area contributed by atoms with Gasteiger partial charge in [-0.3, -0.25) is 14.7 Å². The molecular weight excluding hydrogens is 462 g/mol. The van der Waals surface area contributed by atoms with E-state index in [1.54, 1.807) is 19.4 Å². The van der Waals surface area contributed by atoms with Gasteiger partial charge in [0.15, 0.2) is 0 Å². The Morgan fingerprint density at radius 2 is 1.84 bits per heavy atom. The summed E-state index contributed by atoms with van der Waals surface area (Å²) in [5.41, 5.74) is 7.91. The zero-order valence-corrected chi connectivity index (χ0v) is 22.0. The monoisotopic (exact) mass is 495 g/mol. The number of ether oxygens (including phenoxy) is 1. The van der Waals surface area contributed by atoms with Crippen LogP contribution in [0.15, 0.2) is 71.5 Å². The van der Waals surface area contributed by atoms with Gasteiger partial charge in [-0.1, -0.05) is 35.9 Å². The Kier molecular flexibility index (Phi) is 7.10. The summed E-state index contributed by atoms with van der Waals surface area (Å²) in [6.07, 6.45) is 5.37. The van der Waals surface area contributed by atoms with Gasteiger partial charge in [0.1, 0.15) is 11.3 Å². The average Bonchev–Trinajstić information content (AvgIpc) is 3.34. The van der Waals surface area contributed by atoms with Crippen LogP contribution in [0.25, 0.3) is 27.7 Å². The van der Waals surface area contributed by atoms with Crippen LogP contribution in [-0.2, 0) is 11.3 Å². The molecule has 1 amide bonds. The van der Waals surface area contributed by atoms with E-state index in [1.165, 1.54) is 5.56 Å². The maximum atomic E-state index is 13.2. The van der Waals surface area contributed by atoms with Crippen LogP contribution in [0.1, 0.15) is 29.3 Å². The van der Waals surface area contributed by atoms with E-state index in [1.807, 2.05) is 43.1 Å². The van der Waals surface area contributed by atoms with Crippen molar-refractivity contribution < 1.29 is 13.9 Å². The number of carbonyl (C=O) groups excluding carboxylic acids is 1. The molecule has 0 radical (unpaired) electrons. The average molecular weight is 496 g/mol. The Morgan fingerprint density at radius 1 is 1.08 bits per heavy atom. The fraction of sp³-hybridized carbons (Fsp3) is 0.290. The lowest BCUT2D eigenvalue weighted by molar-refractivity contribution is -0.127. The normalized spacial score (nSPS) is 14.8. The molecule has 6 nitrogen and oxygen atoms in total. The Labute approximate surface area is 218 Å². The first-order valence-corrected chi connectivity index (χ1v) is 12.7. The number of methoxy groups -OCH3 is 1. The number of amides is 1. The molecule has 0 aliphatic carbocycles. The molecule has 0 spiro atoms. The number of rotatable bonds is 6. The fourth-order valence-corrected chi connectivity index (χ4v) is 5.03. The van der Waals surface area contributed by atoms with E-state index in [0.29, 0.717) is 13.1 Å². The second-order valence-electron chi connectivity index (χ2n) is 9.72. The maximum Gasteiger partial charge on any atom is 0.246 e. The summed E-state index contributed by atoms with van der Waals surface area (Å²) in [5.74, 6) is 0.764. The van der Waals surface area contributed by atoms with Gasteiger partial charge in [0.05, 0.1) is 19.1 Å². The highest BCUT2D eigenvalue weighted by atomic mass is 16.5. The van der Waals surface area contributed by atoms with Crippen molar-refractivity contribution in [2.24, 2.45) is 0 Å². The second kappa shape index (κ2) is 10.6. The van der Waals surface area contributed by atoms with Crippen LogP contribution in [0.4, 0.5) is 0 Å². The molecule has 3 heterocycles. The van der Waals surface area contributed by atoms with Gasteiger partial charge in [0.2, 0.25) is 5.91 Å². The topological polar surface area (TPSA) is 58.8 Å². The highest BCUT2D eigenvalue weighted by Crippen LogP contribution is 2.40. The molecule has 190 valence electrons. The van der Waals surface area contributed by atoms with Crippen LogP contribution in [0.3, 0.4) is 0 Å². The molecule has 0 unspecified atom stereocenters. The smallest absolute Gasteiger partial charge is 0.246 e. The number of benzene rings is 2. The van der Waals surface area contributed by atoms with Crippen molar-refractivity contribution in [3.63, 3.8) is 0 Å². The summed E-state index contributed by atoms with van der Waals surface area (Å²) < 4.78 is 11.8. The number of carbonyl (C=O) groups is 1. The zero-order valence-electron chi connectivity index (χ0n) is 22.0. The summed E-state index contributed by atoms with van der Waals surface area (Å²) in [6.45, 7) is 9.93. The Hall–Kier alpha value is -3.90.